The summed E-state index contributed by atoms with van der Waals surface area (Å²) in [7, 11) is -8.18. The minimum absolute atomic E-state index is 0.180. The molecule has 10 heteroatoms. The maximum Gasteiger partial charge on any atom is 0.534 e. The Hall–Kier alpha value is -1.10. The monoisotopic (exact) mass is 426 g/mol. The van der Waals surface area contributed by atoms with Crippen molar-refractivity contribution < 1.29 is 34.9 Å². The van der Waals surface area contributed by atoms with E-state index in [0.29, 0.717) is 12.0 Å². The molecule has 0 amide bonds. The largest absolute Gasteiger partial charge is 0.534 e. The van der Waals surface area contributed by atoms with Gasteiger partial charge in [-0.3, -0.25) is 0 Å². The second kappa shape index (κ2) is 6.75. The third-order valence-corrected chi connectivity index (χ3v) is 10.4. The number of halogens is 3. The van der Waals surface area contributed by atoms with Crippen molar-refractivity contribution in [2.75, 3.05) is 6.61 Å². The van der Waals surface area contributed by atoms with Gasteiger partial charge in [-0.05, 0) is 36.7 Å². The lowest BCUT2D eigenvalue weighted by Crippen LogP contribution is -2.54. The summed E-state index contributed by atoms with van der Waals surface area (Å²) in [5, 5.41) is -0.180. The highest BCUT2D eigenvalue weighted by Crippen LogP contribution is 2.53. The van der Waals surface area contributed by atoms with Gasteiger partial charge in [-0.2, -0.15) is 21.6 Å². The zero-order valence-electron chi connectivity index (χ0n) is 16.2. The maximum absolute atomic E-state index is 12.8. The molecule has 0 aromatic heterocycles. The number of ether oxygens (including phenoxy) is 1. The zero-order valence-corrected chi connectivity index (χ0v) is 18.0. The summed E-state index contributed by atoms with van der Waals surface area (Å²) in [6, 6.07) is 4.32. The molecule has 1 aromatic rings. The molecular weight excluding hydrogens is 401 g/mol. The van der Waals surface area contributed by atoms with Gasteiger partial charge in [0.1, 0.15) is 0 Å². The second-order valence-corrected chi connectivity index (χ2v) is 14.3. The van der Waals surface area contributed by atoms with Gasteiger partial charge in [-0.25, -0.2) is 0 Å². The molecule has 0 fully saturated rings. The van der Waals surface area contributed by atoms with Gasteiger partial charge in [0.2, 0.25) is 0 Å². The molecule has 5 nitrogen and oxygen atoms in total. The summed E-state index contributed by atoms with van der Waals surface area (Å²) < 4.78 is 78.0. The average Bonchev–Trinajstić information content (AvgIpc) is 2.42. The third-order valence-electron chi connectivity index (χ3n) is 5.00. The third kappa shape index (κ3) is 4.03. The van der Waals surface area contributed by atoms with Gasteiger partial charge in [0.25, 0.3) is 0 Å². The molecule has 0 N–H and O–H groups in total. The average molecular weight is 427 g/mol. The standard InChI is InChI=1S/C17H25F3O5SSi/c1-7-23-16(25-27(5,6)15(2,3)4)11-12-9-8-10-13(14(12)16)24-26(21,22)17(18,19)20/h8-10H,7,11H2,1-6H3. The Kier molecular flexibility index (Phi) is 5.55. The van der Waals surface area contributed by atoms with E-state index in [9.17, 15) is 21.6 Å². The molecule has 0 saturated carbocycles. The van der Waals surface area contributed by atoms with E-state index in [0.717, 1.165) is 0 Å². The molecule has 27 heavy (non-hydrogen) atoms. The molecule has 1 unspecified atom stereocenters. The van der Waals surface area contributed by atoms with E-state index in [1.807, 2.05) is 33.9 Å². The molecule has 1 atom stereocenters. The number of benzene rings is 1. The Morgan fingerprint density at radius 1 is 1.19 bits per heavy atom. The van der Waals surface area contributed by atoms with E-state index in [4.69, 9.17) is 9.16 Å². The van der Waals surface area contributed by atoms with Crippen molar-refractivity contribution in [1.82, 2.24) is 0 Å². The molecular formula is C17H25F3O5SSi. The molecule has 0 heterocycles. The predicted octanol–water partition coefficient (Wildman–Crippen LogP) is 4.68. The molecule has 2 rings (SSSR count). The van der Waals surface area contributed by atoms with Crippen LogP contribution in [0, 0.1) is 0 Å². The van der Waals surface area contributed by atoms with Crippen LogP contribution in [-0.2, 0) is 31.5 Å². The van der Waals surface area contributed by atoms with Crippen molar-refractivity contribution in [2.45, 2.75) is 63.5 Å². The van der Waals surface area contributed by atoms with Gasteiger partial charge in [0.15, 0.2) is 19.9 Å². The Morgan fingerprint density at radius 2 is 1.78 bits per heavy atom. The molecule has 1 aromatic carbocycles. The number of hydrogen-bond acceptors (Lipinski definition) is 5. The second-order valence-electron chi connectivity index (χ2n) is 8.00. The first kappa shape index (κ1) is 22.2. The molecule has 1 aliphatic carbocycles. The summed E-state index contributed by atoms with van der Waals surface area (Å²) >= 11 is 0. The summed E-state index contributed by atoms with van der Waals surface area (Å²) in [5.41, 5.74) is -4.67. The van der Waals surface area contributed by atoms with Crippen LogP contribution in [0.15, 0.2) is 18.2 Å². The summed E-state index contributed by atoms with van der Waals surface area (Å²) in [5.74, 6) is -1.73. The molecule has 154 valence electrons. The molecule has 0 saturated heterocycles. The van der Waals surface area contributed by atoms with Crippen LogP contribution in [0.3, 0.4) is 0 Å². The number of rotatable bonds is 6. The molecule has 0 radical (unpaired) electrons. The minimum atomic E-state index is -5.79. The maximum atomic E-state index is 12.8. The van der Waals surface area contributed by atoms with Crippen molar-refractivity contribution in [3.8, 4) is 5.75 Å². The number of fused-ring (bicyclic) bond motifs is 1. The van der Waals surface area contributed by atoms with E-state index < -0.39 is 35.5 Å². The summed E-state index contributed by atoms with van der Waals surface area (Å²) in [6.45, 7) is 12.0. The fraction of sp³-hybridized carbons (Fsp3) is 0.647. The Labute approximate surface area is 159 Å². The van der Waals surface area contributed by atoms with Gasteiger partial charge < -0.3 is 13.3 Å². The van der Waals surface area contributed by atoms with Gasteiger partial charge in [0, 0.05) is 13.0 Å². The fourth-order valence-corrected chi connectivity index (χ4v) is 4.50. The minimum Gasteiger partial charge on any atom is -0.386 e. The van der Waals surface area contributed by atoms with Crippen molar-refractivity contribution in [1.29, 1.82) is 0 Å². The van der Waals surface area contributed by atoms with E-state index in [1.165, 1.54) is 12.1 Å². The van der Waals surface area contributed by atoms with E-state index >= 15 is 0 Å². The lowest BCUT2D eigenvalue weighted by molar-refractivity contribution is -0.213. The van der Waals surface area contributed by atoms with Crippen LogP contribution in [0.2, 0.25) is 18.1 Å². The SMILES string of the molecule is CCOC1(O[Si](C)(C)C(C)(C)C)Cc2cccc(OS(=O)(=O)C(F)(F)F)c21. The smallest absolute Gasteiger partial charge is 0.386 e. The Morgan fingerprint density at radius 3 is 2.26 bits per heavy atom. The van der Waals surface area contributed by atoms with Crippen LogP contribution in [0.25, 0.3) is 0 Å². The molecule has 0 bridgehead atoms. The van der Waals surface area contributed by atoms with Gasteiger partial charge in [0.05, 0.1) is 5.56 Å². The molecule has 1 aliphatic rings. The fourth-order valence-electron chi connectivity index (χ4n) is 2.66. The predicted molar refractivity (Wildman–Crippen MR) is 97.3 cm³/mol. The summed E-state index contributed by atoms with van der Waals surface area (Å²) in [4.78, 5) is 0. The topological polar surface area (TPSA) is 61.8 Å². The summed E-state index contributed by atoms with van der Waals surface area (Å²) in [6.07, 6.45) is 0.311. The highest BCUT2D eigenvalue weighted by Gasteiger charge is 2.55. The zero-order chi connectivity index (χ0) is 20.9. The van der Waals surface area contributed by atoms with Crippen molar-refractivity contribution in [2.24, 2.45) is 0 Å². The highest BCUT2D eigenvalue weighted by atomic mass is 32.2. The number of alkyl halides is 3. The molecule has 0 spiro atoms. The van der Waals surface area contributed by atoms with Crippen LogP contribution >= 0.6 is 0 Å². The van der Waals surface area contributed by atoms with E-state index in [2.05, 4.69) is 4.18 Å². The van der Waals surface area contributed by atoms with Gasteiger partial charge in [-0.15, -0.1) is 0 Å². The van der Waals surface area contributed by atoms with Crippen molar-refractivity contribution in [3.63, 3.8) is 0 Å². The first-order chi connectivity index (χ1) is 12.1. The van der Waals surface area contributed by atoms with Crippen LogP contribution < -0.4 is 4.18 Å². The van der Waals surface area contributed by atoms with Gasteiger partial charge in [-0.1, -0.05) is 32.9 Å². The Bertz CT molecular complexity index is 815. The quantitative estimate of drug-likeness (QED) is 0.286. The van der Waals surface area contributed by atoms with Crippen LogP contribution in [0.5, 0.6) is 5.75 Å². The van der Waals surface area contributed by atoms with Crippen LogP contribution in [0.1, 0.15) is 38.8 Å². The first-order valence-electron chi connectivity index (χ1n) is 8.53. The van der Waals surface area contributed by atoms with E-state index in [-0.39, 0.29) is 17.2 Å². The number of hydrogen-bond donors (Lipinski definition) is 0. The molecule has 0 aliphatic heterocycles. The highest BCUT2D eigenvalue weighted by molar-refractivity contribution is 7.88. The Balaban J connectivity index is 2.51. The lowest BCUT2D eigenvalue weighted by atomic mass is 9.81. The van der Waals surface area contributed by atoms with Crippen molar-refractivity contribution in [3.05, 3.63) is 29.3 Å². The van der Waals surface area contributed by atoms with Crippen LogP contribution in [-0.4, -0.2) is 28.9 Å². The van der Waals surface area contributed by atoms with Crippen molar-refractivity contribution >= 4 is 18.4 Å². The lowest BCUT2D eigenvalue weighted by Gasteiger charge is -2.50. The normalized spacial score (nSPS) is 20.8. The first-order valence-corrected chi connectivity index (χ1v) is 12.9. The van der Waals surface area contributed by atoms with Crippen LogP contribution in [0.4, 0.5) is 13.2 Å². The van der Waals surface area contributed by atoms with E-state index in [1.54, 1.807) is 13.0 Å². The van der Waals surface area contributed by atoms with Gasteiger partial charge >= 0.3 is 15.6 Å².